The van der Waals surface area contributed by atoms with E-state index in [9.17, 15) is 4.79 Å². The summed E-state index contributed by atoms with van der Waals surface area (Å²) in [7, 11) is 1.73. The maximum absolute atomic E-state index is 12.8. The molecule has 0 aliphatic heterocycles. The molecule has 4 rings (SSSR count). The van der Waals surface area contributed by atoms with Crippen molar-refractivity contribution in [1.29, 1.82) is 0 Å². The molecule has 0 atom stereocenters. The molecule has 0 saturated carbocycles. The molecule has 2 aromatic heterocycles. The molecule has 0 radical (unpaired) electrons. The molecular formula is C24H25N5O2. The zero-order valence-electron chi connectivity index (χ0n) is 18.2. The van der Waals surface area contributed by atoms with Crippen LogP contribution in [0.2, 0.25) is 0 Å². The predicted octanol–water partition coefficient (Wildman–Crippen LogP) is 4.18. The molecule has 0 unspecified atom stereocenters. The first kappa shape index (κ1) is 20.5. The monoisotopic (exact) mass is 415 g/mol. The van der Waals surface area contributed by atoms with Gasteiger partial charge >= 0.3 is 0 Å². The van der Waals surface area contributed by atoms with Crippen LogP contribution in [0.5, 0.6) is 0 Å². The first-order valence-electron chi connectivity index (χ1n) is 10.1. The SMILES string of the molecule is Cc1cc(C)n(Cc2ccc(C(=O)N(C)Cc3nc(-c4ccccc4C)no3)cc2)n1. The summed E-state index contributed by atoms with van der Waals surface area (Å²) in [4.78, 5) is 18.8. The van der Waals surface area contributed by atoms with Gasteiger partial charge in [0.1, 0.15) is 0 Å². The first-order valence-corrected chi connectivity index (χ1v) is 10.1. The Hall–Kier alpha value is -3.74. The molecular weight excluding hydrogens is 390 g/mol. The molecule has 0 spiro atoms. The summed E-state index contributed by atoms with van der Waals surface area (Å²) in [5, 5.41) is 8.55. The van der Waals surface area contributed by atoms with Gasteiger partial charge in [0.25, 0.3) is 5.91 Å². The Labute approximate surface area is 181 Å². The highest BCUT2D eigenvalue weighted by Gasteiger charge is 2.17. The number of hydrogen-bond donors (Lipinski definition) is 0. The van der Waals surface area contributed by atoms with Crippen LogP contribution in [0.4, 0.5) is 0 Å². The average molecular weight is 415 g/mol. The molecule has 2 heterocycles. The zero-order chi connectivity index (χ0) is 22.0. The van der Waals surface area contributed by atoms with Crippen LogP contribution in [-0.2, 0) is 13.1 Å². The Morgan fingerprint density at radius 1 is 1.06 bits per heavy atom. The van der Waals surface area contributed by atoms with Crippen molar-refractivity contribution in [2.45, 2.75) is 33.9 Å². The summed E-state index contributed by atoms with van der Waals surface area (Å²) >= 11 is 0. The maximum Gasteiger partial charge on any atom is 0.254 e. The Morgan fingerprint density at radius 3 is 2.48 bits per heavy atom. The molecule has 2 aromatic carbocycles. The van der Waals surface area contributed by atoms with Crippen molar-refractivity contribution in [3.05, 3.63) is 88.6 Å². The van der Waals surface area contributed by atoms with Gasteiger partial charge in [-0.15, -0.1) is 0 Å². The smallest absolute Gasteiger partial charge is 0.254 e. The minimum Gasteiger partial charge on any atom is -0.337 e. The maximum atomic E-state index is 12.8. The van der Waals surface area contributed by atoms with Crippen molar-refractivity contribution in [3.63, 3.8) is 0 Å². The van der Waals surface area contributed by atoms with Crippen molar-refractivity contribution >= 4 is 5.91 Å². The summed E-state index contributed by atoms with van der Waals surface area (Å²) in [5.74, 6) is 0.825. The molecule has 0 aliphatic rings. The fourth-order valence-corrected chi connectivity index (χ4v) is 3.51. The van der Waals surface area contributed by atoms with Gasteiger partial charge in [0.05, 0.1) is 18.8 Å². The standard InChI is InChI=1S/C24H25N5O2/c1-16-7-5-6-8-21(16)23-25-22(31-27-23)15-28(4)24(30)20-11-9-19(10-12-20)14-29-18(3)13-17(2)26-29/h5-13H,14-15H2,1-4H3. The number of carbonyl (C=O) groups is 1. The van der Waals surface area contributed by atoms with Gasteiger partial charge in [-0.25, -0.2) is 0 Å². The fourth-order valence-electron chi connectivity index (χ4n) is 3.51. The van der Waals surface area contributed by atoms with E-state index in [1.165, 1.54) is 0 Å². The first-order chi connectivity index (χ1) is 14.9. The summed E-state index contributed by atoms with van der Waals surface area (Å²) in [6.07, 6.45) is 0. The number of nitrogens with zero attached hydrogens (tertiary/aromatic N) is 5. The highest BCUT2D eigenvalue weighted by molar-refractivity contribution is 5.94. The quantitative estimate of drug-likeness (QED) is 0.472. The van der Waals surface area contributed by atoms with Crippen LogP contribution in [0, 0.1) is 20.8 Å². The van der Waals surface area contributed by atoms with Crippen molar-refractivity contribution in [2.24, 2.45) is 0 Å². The van der Waals surface area contributed by atoms with Gasteiger partial charge in [0.2, 0.25) is 11.7 Å². The number of rotatable bonds is 6. The second-order valence-corrected chi connectivity index (χ2v) is 7.77. The van der Waals surface area contributed by atoms with Crippen LogP contribution in [-0.4, -0.2) is 37.8 Å². The van der Waals surface area contributed by atoms with Gasteiger partial charge in [0.15, 0.2) is 0 Å². The van der Waals surface area contributed by atoms with Crippen LogP contribution in [0.3, 0.4) is 0 Å². The molecule has 0 N–H and O–H groups in total. The van der Waals surface area contributed by atoms with E-state index in [4.69, 9.17) is 4.52 Å². The summed E-state index contributed by atoms with van der Waals surface area (Å²) in [6, 6.07) is 17.5. The highest BCUT2D eigenvalue weighted by atomic mass is 16.5. The molecule has 0 fully saturated rings. The lowest BCUT2D eigenvalue weighted by Crippen LogP contribution is -2.26. The summed E-state index contributed by atoms with van der Waals surface area (Å²) < 4.78 is 7.32. The predicted molar refractivity (Wildman–Crippen MR) is 118 cm³/mol. The lowest BCUT2D eigenvalue weighted by atomic mass is 10.1. The van der Waals surface area contributed by atoms with E-state index >= 15 is 0 Å². The molecule has 7 nitrogen and oxygen atoms in total. The van der Waals surface area contributed by atoms with Gasteiger partial charge in [-0.05, 0) is 50.1 Å². The molecule has 0 saturated heterocycles. The molecule has 1 amide bonds. The molecule has 31 heavy (non-hydrogen) atoms. The third-order valence-corrected chi connectivity index (χ3v) is 5.21. The van der Waals surface area contributed by atoms with E-state index in [1.54, 1.807) is 11.9 Å². The van der Waals surface area contributed by atoms with Gasteiger partial charge in [-0.2, -0.15) is 10.1 Å². The third-order valence-electron chi connectivity index (χ3n) is 5.21. The number of benzene rings is 2. The molecule has 0 bridgehead atoms. The summed E-state index contributed by atoms with van der Waals surface area (Å²) in [5.41, 5.74) is 5.80. The average Bonchev–Trinajstić information content (AvgIpc) is 3.34. The van der Waals surface area contributed by atoms with Crippen LogP contribution < -0.4 is 0 Å². The van der Waals surface area contributed by atoms with E-state index in [0.29, 0.717) is 23.8 Å². The minimum absolute atomic E-state index is 0.103. The minimum atomic E-state index is -0.103. The van der Waals surface area contributed by atoms with Crippen LogP contribution in [0.1, 0.15) is 38.8 Å². The Balaban J connectivity index is 1.41. The summed E-state index contributed by atoms with van der Waals surface area (Å²) in [6.45, 7) is 6.93. The number of carbonyl (C=O) groups excluding carboxylic acids is 1. The fraction of sp³-hybridized carbons (Fsp3) is 0.250. The molecule has 4 aromatic rings. The van der Waals surface area contributed by atoms with E-state index in [0.717, 1.165) is 28.1 Å². The lowest BCUT2D eigenvalue weighted by Gasteiger charge is -2.15. The number of amides is 1. The van der Waals surface area contributed by atoms with Gasteiger partial charge in [0, 0.05) is 23.9 Å². The number of aromatic nitrogens is 4. The van der Waals surface area contributed by atoms with Gasteiger partial charge < -0.3 is 9.42 Å². The topological polar surface area (TPSA) is 77.0 Å². The zero-order valence-corrected chi connectivity index (χ0v) is 18.2. The largest absolute Gasteiger partial charge is 0.337 e. The Kier molecular flexibility index (Phi) is 5.66. The van der Waals surface area contributed by atoms with E-state index in [1.807, 2.05) is 74.0 Å². The van der Waals surface area contributed by atoms with Crippen LogP contribution in [0.15, 0.2) is 59.1 Å². The highest BCUT2D eigenvalue weighted by Crippen LogP contribution is 2.20. The van der Waals surface area contributed by atoms with Crippen molar-refractivity contribution in [1.82, 2.24) is 24.8 Å². The van der Waals surface area contributed by atoms with Crippen molar-refractivity contribution < 1.29 is 9.32 Å². The molecule has 7 heteroatoms. The van der Waals surface area contributed by atoms with E-state index in [-0.39, 0.29) is 12.5 Å². The molecule has 158 valence electrons. The van der Waals surface area contributed by atoms with Crippen LogP contribution >= 0.6 is 0 Å². The normalized spacial score (nSPS) is 11.0. The van der Waals surface area contributed by atoms with E-state index < -0.39 is 0 Å². The second-order valence-electron chi connectivity index (χ2n) is 7.77. The third kappa shape index (κ3) is 4.55. The van der Waals surface area contributed by atoms with Crippen molar-refractivity contribution in [3.8, 4) is 11.4 Å². The van der Waals surface area contributed by atoms with E-state index in [2.05, 4.69) is 21.3 Å². The Morgan fingerprint density at radius 2 is 1.81 bits per heavy atom. The van der Waals surface area contributed by atoms with Gasteiger partial charge in [-0.3, -0.25) is 9.48 Å². The number of hydrogen-bond acceptors (Lipinski definition) is 5. The van der Waals surface area contributed by atoms with Crippen molar-refractivity contribution in [2.75, 3.05) is 7.05 Å². The lowest BCUT2D eigenvalue weighted by molar-refractivity contribution is 0.0769. The molecule has 0 aliphatic carbocycles. The van der Waals surface area contributed by atoms with Crippen LogP contribution in [0.25, 0.3) is 11.4 Å². The second kappa shape index (κ2) is 8.55. The Bertz CT molecular complexity index is 1210. The van der Waals surface area contributed by atoms with Gasteiger partial charge in [-0.1, -0.05) is 41.6 Å². The number of aryl methyl sites for hydroxylation is 3.